The van der Waals surface area contributed by atoms with E-state index in [1.54, 1.807) is 0 Å². The number of benzene rings is 1. The number of hydrogen-bond acceptors (Lipinski definition) is 1. The van der Waals surface area contributed by atoms with Crippen molar-refractivity contribution in [1.82, 2.24) is 0 Å². The van der Waals surface area contributed by atoms with Crippen LogP contribution in [-0.4, -0.2) is 3.79 Å². The summed E-state index contributed by atoms with van der Waals surface area (Å²) < 4.78 is 24.4. The van der Waals surface area contributed by atoms with Gasteiger partial charge in [0, 0.05) is 34.2 Å². The van der Waals surface area contributed by atoms with E-state index in [1.807, 2.05) is 0 Å². The third-order valence-corrected chi connectivity index (χ3v) is 1.71. The summed E-state index contributed by atoms with van der Waals surface area (Å²) in [5, 5.41) is 0. The molecule has 4 heteroatoms. The summed E-state index contributed by atoms with van der Waals surface area (Å²) in [6.45, 7) is 0. The average molecular weight is 268 g/mol. The van der Waals surface area contributed by atoms with Gasteiger partial charge in [0.2, 0.25) is 3.79 Å². The van der Waals surface area contributed by atoms with E-state index in [1.165, 1.54) is 22.6 Å². The minimum atomic E-state index is -0.731. The largest absolute Gasteiger partial charge is 0.282 e. The molecule has 58 valence electrons. The Morgan fingerprint density at radius 2 is 1.64 bits per heavy atom. The third-order valence-electron chi connectivity index (χ3n) is 1.09. The molecule has 1 nitrogen and oxygen atoms in total. The van der Waals surface area contributed by atoms with Gasteiger partial charge in [-0.15, -0.1) is 0 Å². The van der Waals surface area contributed by atoms with Crippen molar-refractivity contribution in [3.63, 3.8) is 0 Å². The second-order valence-electron chi connectivity index (χ2n) is 1.93. The molecule has 0 bridgehead atoms. The van der Waals surface area contributed by atoms with Crippen LogP contribution in [0.1, 0.15) is 10.4 Å². The van der Waals surface area contributed by atoms with E-state index >= 15 is 0 Å². The van der Waals surface area contributed by atoms with Crippen molar-refractivity contribution in [3.8, 4) is 0 Å². The van der Waals surface area contributed by atoms with Crippen LogP contribution in [0.15, 0.2) is 18.2 Å². The quantitative estimate of drug-likeness (QED) is 0.565. The van der Waals surface area contributed by atoms with Gasteiger partial charge in [-0.25, -0.2) is 8.78 Å². The summed E-state index contributed by atoms with van der Waals surface area (Å²) in [5.41, 5.74) is 0.0445. The summed E-state index contributed by atoms with van der Waals surface area (Å²) in [4.78, 5) is 10.6. The fourth-order valence-corrected chi connectivity index (χ4v) is 0.979. The van der Waals surface area contributed by atoms with Gasteiger partial charge in [-0.3, -0.25) is 4.79 Å². The molecule has 0 fully saturated rings. The highest BCUT2D eigenvalue weighted by atomic mass is 127. The summed E-state index contributed by atoms with van der Waals surface area (Å²) in [6.07, 6.45) is 0. The van der Waals surface area contributed by atoms with E-state index in [0.29, 0.717) is 0 Å². The molecule has 0 aliphatic rings. The standard InChI is InChI=1S/C7H3F2IO/c8-5-1-4(7(10)11)2-6(9)3-5/h1-3H. The Morgan fingerprint density at radius 1 is 1.18 bits per heavy atom. The molecule has 0 N–H and O–H groups in total. The first kappa shape index (κ1) is 8.58. The average Bonchev–Trinajstić information content (AvgIpc) is 1.85. The van der Waals surface area contributed by atoms with Gasteiger partial charge in [-0.1, -0.05) is 0 Å². The first-order valence-corrected chi connectivity index (χ1v) is 3.83. The van der Waals surface area contributed by atoms with Crippen LogP contribution in [0.5, 0.6) is 0 Å². The lowest BCUT2D eigenvalue weighted by atomic mass is 10.2. The molecule has 0 radical (unpaired) electrons. The first-order valence-electron chi connectivity index (χ1n) is 2.75. The minimum Gasteiger partial charge on any atom is -0.282 e. The lowest BCUT2D eigenvalue weighted by Crippen LogP contribution is -1.90. The van der Waals surface area contributed by atoms with Crippen LogP contribution in [0.4, 0.5) is 8.78 Å². The number of halogens is 3. The maximum absolute atomic E-state index is 12.4. The highest BCUT2D eigenvalue weighted by molar-refractivity contribution is 14.1. The van der Waals surface area contributed by atoms with E-state index in [4.69, 9.17) is 0 Å². The van der Waals surface area contributed by atoms with E-state index in [-0.39, 0.29) is 9.35 Å². The van der Waals surface area contributed by atoms with Gasteiger partial charge in [-0.2, -0.15) is 0 Å². The van der Waals surface area contributed by atoms with Crippen LogP contribution in [-0.2, 0) is 0 Å². The Bertz CT molecular complexity index is 278. The van der Waals surface area contributed by atoms with Gasteiger partial charge in [0.1, 0.15) is 11.6 Å². The predicted octanol–water partition coefficient (Wildman–Crippen LogP) is 2.54. The van der Waals surface area contributed by atoms with Crippen molar-refractivity contribution in [3.05, 3.63) is 35.4 Å². The van der Waals surface area contributed by atoms with E-state index in [2.05, 4.69) is 0 Å². The maximum Gasteiger partial charge on any atom is 0.222 e. The van der Waals surface area contributed by atoms with Crippen LogP contribution in [0.25, 0.3) is 0 Å². The fraction of sp³-hybridized carbons (Fsp3) is 0. The number of rotatable bonds is 1. The Balaban J connectivity index is 3.19. The highest BCUT2D eigenvalue weighted by Gasteiger charge is 2.04. The Kier molecular flexibility index (Phi) is 2.53. The second kappa shape index (κ2) is 3.25. The number of hydrogen-bond donors (Lipinski definition) is 0. The highest BCUT2D eigenvalue weighted by Crippen LogP contribution is 2.10. The second-order valence-corrected chi connectivity index (χ2v) is 2.91. The molecule has 0 heterocycles. The fourth-order valence-electron chi connectivity index (χ4n) is 0.667. The zero-order valence-corrected chi connectivity index (χ0v) is 7.43. The van der Waals surface area contributed by atoms with Gasteiger partial charge >= 0.3 is 0 Å². The normalized spacial score (nSPS) is 9.73. The summed E-state index contributed by atoms with van der Waals surface area (Å²) in [6, 6.07) is 2.72. The first-order chi connectivity index (χ1) is 5.09. The summed E-state index contributed by atoms with van der Waals surface area (Å²) in [7, 11) is 0. The van der Waals surface area contributed by atoms with Crippen LogP contribution in [0, 0.1) is 11.6 Å². The number of carbonyl (C=O) groups excluding carboxylic acids is 1. The van der Waals surface area contributed by atoms with Gasteiger partial charge in [0.25, 0.3) is 0 Å². The van der Waals surface area contributed by atoms with Crippen molar-refractivity contribution in [1.29, 1.82) is 0 Å². The summed E-state index contributed by atoms with van der Waals surface area (Å²) in [5.74, 6) is -1.46. The molecule has 11 heavy (non-hydrogen) atoms. The molecule has 0 atom stereocenters. The molecule has 0 aliphatic carbocycles. The van der Waals surface area contributed by atoms with Crippen molar-refractivity contribution >= 4 is 26.4 Å². The van der Waals surface area contributed by atoms with E-state index in [0.717, 1.165) is 18.2 Å². The molecule has 0 aromatic heterocycles. The van der Waals surface area contributed by atoms with Crippen LogP contribution < -0.4 is 0 Å². The predicted molar refractivity (Wildman–Crippen MR) is 44.7 cm³/mol. The van der Waals surface area contributed by atoms with E-state index < -0.39 is 11.6 Å². The number of carbonyl (C=O) groups is 1. The topological polar surface area (TPSA) is 17.1 Å². The van der Waals surface area contributed by atoms with Gasteiger partial charge in [0.05, 0.1) is 0 Å². The molecule has 1 aromatic carbocycles. The lowest BCUT2D eigenvalue weighted by Gasteiger charge is -1.94. The van der Waals surface area contributed by atoms with E-state index in [9.17, 15) is 13.6 Å². The molecule has 0 saturated heterocycles. The van der Waals surface area contributed by atoms with Gasteiger partial charge < -0.3 is 0 Å². The van der Waals surface area contributed by atoms with Crippen molar-refractivity contribution in [2.24, 2.45) is 0 Å². The maximum atomic E-state index is 12.4. The van der Waals surface area contributed by atoms with Crippen LogP contribution >= 0.6 is 22.6 Å². The Labute approximate surface area is 75.6 Å². The zero-order chi connectivity index (χ0) is 8.43. The monoisotopic (exact) mass is 268 g/mol. The third kappa shape index (κ3) is 2.21. The lowest BCUT2D eigenvalue weighted by molar-refractivity contribution is 0.110. The van der Waals surface area contributed by atoms with Crippen LogP contribution in [0.3, 0.4) is 0 Å². The van der Waals surface area contributed by atoms with Crippen molar-refractivity contribution in [2.45, 2.75) is 0 Å². The van der Waals surface area contributed by atoms with Crippen molar-refractivity contribution < 1.29 is 13.6 Å². The molecule has 0 saturated carbocycles. The molecule has 1 rings (SSSR count). The summed E-state index contributed by atoms with van der Waals surface area (Å²) >= 11 is 1.47. The smallest absolute Gasteiger partial charge is 0.222 e. The SMILES string of the molecule is O=C(I)c1cc(F)cc(F)c1. The van der Waals surface area contributed by atoms with Crippen molar-refractivity contribution in [2.75, 3.05) is 0 Å². The van der Waals surface area contributed by atoms with Gasteiger partial charge in [-0.05, 0) is 12.1 Å². The molecule has 0 amide bonds. The van der Waals surface area contributed by atoms with Crippen LogP contribution in [0.2, 0.25) is 0 Å². The Morgan fingerprint density at radius 3 is 2.00 bits per heavy atom. The molecular weight excluding hydrogens is 265 g/mol. The molecule has 0 unspecified atom stereocenters. The molecule has 0 aliphatic heterocycles. The molecule has 1 aromatic rings. The minimum absolute atomic E-state index is 0.0445. The Hall–Kier alpha value is -0.520. The zero-order valence-electron chi connectivity index (χ0n) is 5.27. The van der Waals surface area contributed by atoms with Gasteiger partial charge in [0.15, 0.2) is 0 Å². The molecular formula is C7H3F2IO. The molecule has 0 spiro atoms.